The zero-order chi connectivity index (χ0) is 17.1. The molecule has 2 aliphatic heterocycles. The van der Waals surface area contributed by atoms with Gasteiger partial charge in [-0.25, -0.2) is 0 Å². The molecule has 0 aromatic heterocycles. The largest absolute Gasteiger partial charge is 0.379 e. The first-order valence-electron chi connectivity index (χ1n) is 10.7. The summed E-state index contributed by atoms with van der Waals surface area (Å²) in [5, 5.41) is 7.58. The van der Waals surface area contributed by atoms with Crippen LogP contribution in [-0.2, 0) is 9.53 Å². The van der Waals surface area contributed by atoms with Crippen LogP contribution in [0.1, 0.15) is 57.8 Å². The maximum Gasteiger partial charge on any atom is 0.225 e. The number of hydrogen-bond acceptors (Lipinski definition) is 4. The number of rotatable bonds is 4. The lowest BCUT2D eigenvalue weighted by molar-refractivity contribution is -0.135. The molecule has 4 unspecified atom stereocenters. The Bertz CT molecular complexity index is 452. The minimum absolute atomic E-state index is 0. The molecule has 4 atom stereocenters. The summed E-state index contributed by atoms with van der Waals surface area (Å²) in [6.07, 6.45) is 11.0. The molecule has 2 heterocycles. The second kappa shape index (κ2) is 9.72. The summed E-state index contributed by atoms with van der Waals surface area (Å²) in [6, 6.07) is 1.59. The monoisotopic (exact) mass is 385 g/mol. The average molecular weight is 386 g/mol. The molecular weight excluding hydrogens is 350 g/mol. The van der Waals surface area contributed by atoms with E-state index in [1.54, 1.807) is 0 Å². The number of hydrogen-bond donors (Lipinski definition) is 2. The van der Waals surface area contributed by atoms with Crippen molar-refractivity contribution in [2.45, 2.75) is 75.9 Å². The van der Waals surface area contributed by atoms with Crippen LogP contribution in [-0.4, -0.2) is 61.8 Å². The number of nitrogens with one attached hydrogen (secondary N) is 2. The molecule has 6 heteroatoms. The first-order chi connectivity index (χ1) is 12.3. The molecular formula is C20H36ClN3O2. The highest BCUT2D eigenvalue weighted by atomic mass is 35.5. The minimum atomic E-state index is 0. The SMILES string of the molecule is Cl.O=C(C1CCCCC1)N1CCC(NC2CCCC2C2COCCN2)C1. The molecule has 4 fully saturated rings. The summed E-state index contributed by atoms with van der Waals surface area (Å²) in [6.45, 7) is 4.57. The lowest BCUT2D eigenvalue weighted by atomic mass is 9.88. The van der Waals surface area contributed by atoms with E-state index >= 15 is 0 Å². The zero-order valence-electron chi connectivity index (χ0n) is 16.0. The van der Waals surface area contributed by atoms with Gasteiger partial charge in [0.05, 0.1) is 13.2 Å². The Morgan fingerprint density at radius 3 is 2.65 bits per heavy atom. The first-order valence-corrected chi connectivity index (χ1v) is 10.7. The van der Waals surface area contributed by atoms with Gasteiger partial charge in [-0.05, 0) is 38.0 Å². The summed E-state index contributed by atoms with van der Waals surface area (Å²) < 4.78 is 5.69. The molecule has 1 amide bonds. The van der Waals surface area contributed by atoms with Crippen molar-refractivity contribution in [2.24, 2.45) is 11.8 Å². The highest BCUT2D eigenvalue weighted by Gasteiger charge is 2.38. The Labute approximate surface area is 164 Å². The number of carbonyl (C=O) groups excluding carboxylic acids is 1. The Morgan fingerprint density at radius 1 is 1.04 bits per heavy atom. The van der Waals surface area contributed by atoms with Gasteiger partial charge in [0.15, 0.2) is 0 Å². The molecule has 0 aromatic rings. The molecule has 0 radical (unpaired) electrons. The van der Waals surface area contributed by atoms with Gasteiger partial charge >= 0.3 is 0 Å². The highest BCUT2D eigenvalue weighted by molar-refractivity contribution is 5.85. The summed E-state index contributed by atoms with van der Waals surface area (Å²) in [5.41, 5.74) is 0. The Kier molecular flexibility index (Phi) is 7.62. The van der Waals surface area contributed by atoms with Crippen molar-refractivity contribution in [3.8, 4) is 0 Å². The van der Waals surface area contributed by atoms with Crippen molar-refractivity contribution in [1.29, 1.82) is 0 Å². The van der Waals surface area contributed by atoms with Crippen LogP contribution in [0.25, 0.3) is 0 Å². The number of nitrogens with zero attached hydrogens (tertiary/aromatic N) is 1. The molecule has 0 spiro atoms. The van der Waals surface area contributed by atoms with E-state index in [-0.39, 0.29) is 12.4 Å². The predicted octanol–water partition coefficient (Wildman–Crippen LogP) is 2.34. The second-order valence-electron chi connectivity index (χ2n) is 8.61. The van der Waals surface area contributed by atoms with Crippen molar-refractivity contribution in [3.05, 3.63) is 0 Å². The predicted molar refractivity (Wildman–Crippen MR) is 106 cm³/mol. The quantitative estimate of drug-likeness (QED) is 0.779. The minimum Gasteiger partial charge on any atom is -0.379 e. The van der Waals surface area contributed by atoms with Gasteiger partial charge in [-0.15, -0.1) is 12.4 Å². The molecule has 4 aliphatic rings. The van der Waals surface area contributed by atoms with Gasteiger partial charge in [-0.1, -0.05) is 25.7 Å². The fourth-order valence-corrected chi connectivity index (χ4v) is 5.54. The number of amides is 1. The maximum absolute atomic E-state index is 12.8. The van der Waals surface area contributed by atoms with Gasteiger partial charge in [-0.2, -0.15) is 0 Å². The molecule has 0 aromatic carbocycles. The molecule has 2 aliphatic carbocycles. The third-order valence-electron chi connectivity index (χ3n) is 6.94. The Hall–Kier alpha value is -0.360. The van der Waals surface area contributed by atoms with Crippen LogP contribution in [0.3, 0.4) is 0 Å². The highest BCUT2D eigenvalue weighted by Crippen LogP contribution is 2.31. The number of ether oxygens (including phenoxy) is 1. The average Bonchev–Trinajstić information content (AvgIpc) is 3.33. The van der Waals surface area contributed by atoms with E-state index < -0.39 is 0 Å². The van der Waals surface area contributed by atoms with Gasteiger partial charge in [-0.3, -0.25) is 4.79 Å². The molecule has 2 saturated carbocycles. The van der Waals surface area contributed by atoms with E-state index in [0.29, 0.717) is 35.9 Å². The standard InChI is InChI=1S/C20H35N3O2.ClH/c24-20(15-5-2-1-3-6-15)23-11-9-16(13-23)22-18-8-4-7-17(18)19-14-25-12-10-21-19;/h15-19,21-22H,1-14H2;1H. The van der Waals surface area contributed by atoms with E-state index in [0.717, 1.165) is 52.1 Å². The fourth-order valence-electron chi connectivity index (χ4n) is 5.54. The van der Waals surface area contributed by atoms with Crippen molar-refractivity contribution in [3.63, 3.8) is 0 Å². The third kappa shape index (κ3) is 4.73. The zero-order valence-corrected chi connectivity index (χ0v) is 16.8. The van der Waals surface area contributed by atoms with Crippen LogP contribution in [0.5, 0.6) is 0 Å². The molecule has 0 bridgehead atoms. The Balaban J connectivity index is 0.00000196. The smallest absolute Gasteiger partial charge is 0.225 e. The Morgan fingerprint density at radius 2 is 1.88 bits per heavy atom. The topological polar surface area (TPSA) is 53.6 Å². The van der Waals surface area contributed by atoms with E-state index in [1.165, 1.54) is 38.5 Å². The van der Waals surface area contributed by atoms with E-state index in [2.05, 4.69) is 15.5 Å². The molecule has 26 heavy (non-hydrogen) atoms. The lowest BCUT2D eigenvalue weighted by Gasteiger charge is -2.34. The van der Waals surface area contributed by atoms with E-state index in [9.17, 15) is 4.79 Å². The normalized spacial score (nSPS) is 36.1. The molecule has 2 N–H and O–H groups in total. The van der Waals surface area contributed by atoms with Crippen LogP contribution in [0.15, 0.2) is 0 Å². The van der Waals surface area contributed by atoms with E-state index in [1.807, 2.05) is 0 Å². The van der Waals surface area contributed by atoms with Gasteiger partial charge < -0.3 is 20.3 Å². The summed E-state index contributed by atoms with van der Waals surface area (Å²) in [7, 11) is 0. The number of likely N-dealkylation sites (tertiary alicyclic amines) is 1. The maximum atomic E-state index is 12.8. The van der Waals surface area contributed by atoms with Crippen molar-refractivity contribution in [2.75, 3.05) is 32.8 Å². The van der Waals surface area contributed by atoms with Crippen molar-refractivity contribution >= 4 is 18.3 Å². The van der Waals surface area contributed by atoms with Crippen LogP contribution >= 0.6 is 12.4 Å². The summed E-state index contributed by atoms with van der Waals surface area (Å²) in [5.74, 6) is 1.44. The van der Waals surface area contributed by atoms with Crippen LogP contribution in [0.4, 0.5) is 0 Å². The molecule has 2 saturated heterocycles. The second-order valence-corrected chi connectivity index (χ2v) is 8.61. The first kappa shape index (κ1) is 20.4. The van der Waals surface area contributed by atoms with Crippen molar-refractivity contribution in [1.82, 2.24) is 15.5 Å². The van der Waals surface area contributed by atoms with E-state index in [4.69, 9.17) is 4.74 Å². The molecule has 4 rings (SSSR count). The van der Waals surface area contributed by atoms with Gasteiger partial charge in [0.25, 0.3) is 0 Å². The third-order valence-corrected chi connectivity index (χ3v) is 6.94. The van der Waals surface area contributed by atoms with Gasteiger partial charge in [0.2, 0.25) is 5.91 Å². The number of morpholine rings is 1. The number of halogens is 1. The van der Waals surface area contributed by atoms with Crippen LogP contribution in [0.2, 0.25) is 0 Å². The summed E-state index contributed by atoms with van der Waals surface area (Å²) >= 11 is 0. The van der Waals surface area contributed by atoms with Gasteiger partial charge in [0, 0.05) is 43.7 Å². The number of carbonyl (C=O) groups is 1. The van der Waals surface area contributed by atoms with Gasteiger partial charge in [0.1, 0.15) is 0 Å². The molecule has 5 nitrogen and oxygen atoms in total. The van der Waals surface area contributed by atoms with Crippen LogP contribution in [0, 0.1) is 11.8 Å². The van der Waals surface area contributed by atoms with Crippen LogP contribution < -0.4 is 10.6 Å². The lowest BCUT2D eigenvalue weighted by Crippen LogP contribution is -2.52. The van der Waals surface area contributed by atoms with Crippen molar-refractivity contribution < 1.29 is 9.53 Å². The fraction of sp³-hybridized carbons (Fsp3) is 0.950. The summed E-state index contributed by atoms with van der Waals surface area (Å²) in [4.78, 5) is 14.9. The molecule has 150 valence electrons.